The van der Waals surface area contributed by atoms with Gasteiger partial charge in [0.05, 0.1) is 12.8 Å². The molecule has 0 radical (unpaired) electrons. The summed E-state index contributed by atoms with van der Waals surface area (Å²) in [6.07, 6.45) is 4.02. The van der Waals surface area contributed by atoms with Gasteiger partial charge in [-0.3, -0.25) is 10.4 Å². The molecule has 0 fully saturated rings. The van der Waals surface area contributed by atoms with Crippen LogP contribution in [-0.2, 0) is 0 Å². The van der Waals surface area contributed by atoms with Gasteiger partial charge in [-0.15, -0.1) is 4.98 Å². The fourth-order valence-electron chi connectivity index (χ4n) is 1.26. The number of nitrogens with two attached hydrogens (primary N) is 1. The lowest BCUT2D eigenvalue weighted by atomic mass is 10.5. The van der Waals surface area contributed by atoms with Crippen LogP contribution in [0.2, 0.25) is 0 Å². The van der Waals surface area contributed by atoms with Gasteiger partial charge in [-0.05, 0) is 28.4 Å². The van der Waals surface area contributed by atoms with Crippen LogP contribution in [0.15, 0.2) is 22.9 Å². The van der Waals surface area contributed by atoms with Gasteiger partial charge in [0.15, 0.2) is 5.75 Å². The average Bonchev–Trinajstić information content (AvgIpc) is 2.45. The highest BCUT2D eigenvalue weighted by atomic mass is 79.9. The summed E-state index contributed by atoms with van der Waals surface area (Å²) in [5, 5.41) is 0. The molecular weight excluding hydrogens is 328 g/mol. The molecule has 0 bridgehead atoms. The van der Waals surface area contributed by atoms with E-state index in [9.17, 15) is 0 Å². The van der Waals surface area contributed by atoms with Crippen molar-refractivity contribution in [1.82, 2.24) is 19.9 Å². The van der Waals surface area contributed by atoms with Crippen LogP contribution < -0.4 is 20.7 Å². The number of anilines is 1. The molecule has 0 saturated carbocycles. The van der Waals surface area contributed by atoms with Crippen molar-refractivity contribution in [3.05, 3.63) is 22.9 Å². The third kappa shape index (κ3) is 4.00. The first-order chi connectivity index (χ1) is 9.71. The van der Waals surface area contributed by atoms with E-state index in [2.05, 4.69) is 41.3 Å². The van der Waals surface area contributed by atoms with E-state index in [-0.39, 0.29) is 18.0 Å². The Morgan fingerprint density at radius 3 is 2.75 bits per heavy atom. The zero-order valence-electron chi connectivity index (χ0n) is 10.7. The number of ether oxygens (including phenoxy) is 2. The van der Waals surface area contributed by atoms with E-state index in [0.717, 1.165) is 10.9 Å². The number of nitrogen functional groups attached to an aromatic ring is 1. The fourth-order valence-corrected chi connectivity index (χ4v) is 1.60. The summed E-state index contributed by atoms with van der Waals surface area (Å²) in [4.78, 5) is 16.0. The molecule has 0 aliphatic heterocycles. The highest BCUT2D eigenvalue weighted by Gasteiger charge is 2.09. The fraction of sp³-hybridized carbons (Fsp3) is 0.273. The summed E-state index contributed by atoms with van der Waals surface area (Å²) < 4.78 is 11.6. The summed E-state index contributed by atoms with van der Waals surface area (Å²) in [6.45, 7) is 2.47. The quantitative estimate of drug-likeness (QED) is 0.606. The normalized spacial score (nSPS) is 10.2. The third-order valence-corrected chi connectivity index (χ3v) is 2.48. The van der Waals surface area contributed by atoms with Crippen LogP contribution in [0.4, 0.5) is 5.95 Å². The van der Waals surface area contributed by atoms with Crippen LogP contribution >= 0.6 is 15.9 Å². The summed E-state index contributed by atoms with van der Waals surface area (Å²) in [6, 6.07) is 1.95. The highest BCUT2D eigenvalue weighted by Crippen LogP contribution is 2.22. The molecular formula is C11H13BrN6O2. The molecule has 0 aliphatic rings. The molecule has 9 heteroatoms. The van der Waals surface area contributed by atoms with E-state index >= 15 is 0 Å². The molecule has 0 aliphatic carbocycles. The molecule has 0 unspecified atom stereocenters. The highest BCUT2D eigenvalue weighted by molar-refractivity contribution is 9.10. The van der Waals surface area contributed by atoms with E-state index in [4.69, 9.17) is 15.3 Å². The van der Waals surface area contributed by atoms with Gasteiger partial charge in [-0.2, -0.15) is 9.97 Å². The number of halogens is 1. The molecule has 0 amide bonds. The van der Waals surface area contributed by atoms with Crippen molar-refractivity contribution in [2.24, 2.45) is 5.84 Å². The minimum Gasteiger partial charge on any atom is -0.463 e. The van der Waals surface area contributed by atoms with Crippen molar-refractivity contribution in [3.8, 4) is 17.8 Å². The van der Waals surface area contributed by atoms with E-state index in [0.29, 0.717) is 12.4 Å². The second-order valence-corrected chi connectivity index (χ2v) is 4.57. The predicted molar refractivity (Wildman–Crippen MR) is 75.4 cm³/mol. The number of pyridine rings is 1. The number of aromatic nitrogens is 4. The number of hydrazine groups is 1. The summed E-state index contributed by atoms with van der Waals surface area (Å²) >= 11 is 3.30. The minimum absolute atomic E-state index is 0.0685. The maximum atomic E-state index is 5.49. The Labute approximate surface area is 123 Å². The molecule has 0 spiro atoms. The van der Waals surface area contributed by atoms with Gasteiger partial charge in [-0.1, -0.05) is 6.92 Å². The molecule has 2 aromatic rings. The van der Waals surface area contributed by atoms with Gasteiger partial charge in [0.1, 0.15) is 0 Å². The van der Waals surface area contributed by atoms with Gasteiger partial charge >= 0.3 is 12.0 Å². The molecule has 8 nitrogen and oxygen atoms in total. The lowest BCUT2D eigenvalue weighted by Gasteiger charge is -2.08. The smallest absolute Gasteiger partial charge is 0.330 e. The van der Waals surface area contributed by atoms with Crippen LogP contribution in [0.5, 0.6) is 17.8 Å². The van der Waals surface area contributed by atoms with E-state index in [1.165, 1.54) is 6.20 Å². The Morgan fingerprint density at radius 1 is 1.25 bits per heavy atom. The predicted octanol–water partition coefficient (Wildman–Crippen LogP) is 1.90. The molecule has 0 atom stereocenters. The number of nitrogens with zero attached hydrogens (tertiary/aromatic N) is 4. The van der Waals surface area contributed by atoms with Crippen molar-refractivity contribution < 1.29 is 9.47 Å². The first-order valence-electron chi connectivity index (χ1n) is 5.85. The van der Waals surface area contributed by atoms with Gasteiger partial charge in [0.25, 0.3) is 0 Å². The van der Waals surface area contributed by atoms with Crippen LogP contribution in [0.1, 0.15) is 13.3 Å². The first-order valence-corrected chi connectivity index (χ1v) is 6.64. The summed E-state index contributed by atoms with van der Waals surface area (Å²) in [7, 11) is 0. The average molecular weight is 341 g/mol. The van der Waals surface area contributed by atoms with E-state index in [1.807, 2.05) is 6.92 Å². The number of nitrogens with one attached hydrogen (secondary N) is 1. The molecule has 2 rings (SSSR count). The maximum Gasteiger partial charge on any atom is 0.330 e. The molecule has 106 valence electrons. The molecule has 0 aromatic carbocycles. The molecule has 20 heavy (non-hydrogen) atoms. The van der Waals surface area contributed by atoms with Crippen molar-refractivity contribution in [3.63, 3.8) is 0 Å². The van der Waals surface area contributed by atoms with Crippen molar-refractivity contribution in [2.75, 3.05) is 12.0 Å². The van der Waals surface area contributed by atoms with Gasteiger partial charge in [0.2, 0.25) is 5.95 Å². The first kappa shape index (κ1) is 14.4. The summed E-state index contributed by atoms with van der Waals surface area (Å²) in [5.74, 6) is 5.94. The van der Waals surface area contributed by atoms with Gasteiger partial charge < -0.3 is 9.47 Å². The molecule has 3 N–H and O–H groups in total. The molecule has 0 saturated heterocycles. The second kappa shape index (κ2) is 6.96. The molecule has 2 heterocycles. The van der Waals surface area contributed by atoms with Crippen LogP contribution in [0.25, 0.3) is 0 Å². The van der Waals surface area contributed by atoms with Crippen molar-refractivity contribution in [2.45, 2.75) is 13.3 Å². The minimum atomic E-state index is 0.0685. The van der Waals surface area contributed by atoms with Crippen molar-refractivity contribution >= 4 is 21.9 Å². The Kier molecular flexibility index (Phi) is 5.02. The second-order valence-electron chi connectivity index (χ2n) is 3.66. The van der Waals surface area contributed by atoms with E-state index in [1.54, 1.807) is 12.3 Å². The Balaban J connectivity index is 2.21. The van der Waals surface area contributed by atoms with Crippen molar-refractivity contribution in [1.29, 1.82) is 0 Å². The van der Waals surface area contributed by atoms with Gasteiger partial charge in [0, 0.05) is 10.7 Å². The number of hydrogen-bond acceptors (Lipinski definition) is 8. The van der Waals surface area contributed by atoms with E-state index < -0.39 is 0 Å². The topological polar surface area (TPSA) is 108 Å². The van der Waals surface area contributed by atoms with Crippen LogP contribution in [0.3, 0.4) is 0 Å². The standard InChI is InChI=1S/C11H13BrN6O2/c1-2-3-19-10-15-9(18-13)16-11(17-10)20-8-4-7(12)5-14-6-8/h4-6H,2-3,13H2,1H3,(H,15,16,17,18). The molecule has 2 aromatic heterocycles. The lowest BCUT2D eigenvalue weighted by Crippen LogP contribution is -2.13. The number of hydrogen-bond donors (Lipinski definition) is 2. The SMILES string of the molecule is CCCOc1nc(NN)nc(Oc2cncc(Br)c2)n1. The monoisotopic (exact) mass is 340 g/mol. The maximum absolute atomic E-state index is 5.49. The Morgan fingerprint density at radius 2 is 2.05 bits per heavy atom. The zero-order valence-corrected chi connectivity index (χ0v) is 12.3. The third-order valence-electron chi connectivity index (χ3n) is 2.05. The summed E-state index contributed by atoms with van der Waals surface area (Å²) in [5.41, 5.74) is 2.33. The Hall–Kier alpha value is -2.00. The largest absolute Gasteiger partial charge is 0.463 e. The number of rotatable bonds is 6. The zero-order chi connectivity index (χ0) is 14.4. The van der Waals surface area contributed by atoms with Crippen LogP contribution in [0, 0.1) is 0 Å². The Bertz CT molecular complexity index is 583. The van der Waals surface area contributed by atoms with Gasteiger partial charge in [-0.25, -0.2) is 5.84 Å². The van der Waals surface area contributed by atoms with Crippen LogP contribution in [-0.4, -0.2) is 26.5 Å². The lowest BCUT2D eigenvalue weighted by molar-refractivity contribution is 0.285.